The molecule has 10 heavy (non-hydrogen) atoms. The Morgan fingerprint density at radius 2 is 2.00 bits per heavy atom. The van der Waals surface area contributed by atoms with Crippen LogP contribution in [0.25, 0.3) is 0 Å². The maximum Gasteiger partial charge on any atom is 0.375 e. The van der Waals surface area contributed by atoms with Gasteiger partial charge in [-0.1, -0.05) is 0 Å². The predicted molar refractivity (Wildman–Crippen MR) is 32.3 cm³/mol. The van der Waals surface area contributed by atoms with Crippen molar-refractivity contribution in [2.24, 2.45) is 5.92 Å². The van der Waals surface area contributed by atoms with Crippen LogP contribution in [0.5, 0.6) is 0 Å². The van der Waals surface area contributed by atoms with Crippen LogP contribution >= 0.6 is 0 Å². The number of esters is 1. The first-order chi connectivity index (χ1) is 4.63. The first-order valence-corrected chi connectivity index (χ1v) is 2.71. The Bertz CT molecular complexity index is 161. The molecule has 0 aromatic carbocycles. The number of ketones is 1. The monoisotopic (exact) mass is 144 g/mol. The quantitative estimate of drug-likeness (QED) is 0.233. The van der Waals surface area contributed by atoms with E-state index in [0.717, 1.165) is 7.11 Å². The van der Waals surface area contributed by atoms with Crippen LogP contribution in [-0.2, 0) is 19.1 Å². The lowest BCUT2D eigenvalue weighted by Crippen LogP contribution is -2.23. The summed E-state index contributed by atoms with van der Waals surface area (Å²) in [5.74, 6) is -2.68. The molecule has 0 bridgehead atoms. The van der Waals surface area contributed by atoms with E-state index in [1.165, 1.54) is 6.92 Å². The Labute approximate surface area is 58.2 Å². The fourth-order valence-corrected chi connectivity index (χ4v) is 0.348. The Balaban J connectivity index is 4.07. The fourth-order valence-electron chi connectivity index (χ4n) is 0.348. The molecule has 1 unspecified atom stereocenters. The summed E-state index contributed by atoms with van der Waals surface area (Å²) in [5.41, 5.74) is 0. The third-order valence-corrected chi connectivity index (χ3v) is 1.00. The van der Waals surface area contributed by atoms with E-state index in [2.05, 4.69) is 4.74 Å². The van der Waals surface area contributed by atoms with Crippen LogP contribution in [0.15, 0.2) is 0 Å². The Kier molecular flexibility index (Phi) is 3.32. The third-order valence-electron chi connectivity index (χ3n) is 1.00. The van der Waals surface area contributed by atoms with Crippen LogP contribution in [0.4, 0.5) is 0 Å². The highest BCUT2D eigenvalue weighted by molar-refractivity contribution is 6.36. The maximum atomic E-state index is 10.6. The highest BCUT2D eigenvalue weighted by atomic mass is 16.5. The zero-order chi connectivity index (χ0) is 8.15. The van der Waals surface area contributed by atoms with Gasteiger partial charge in [-0.25, -0.2) is 4.79 Å². The van der Waals surface area contributed by atoms with Crippen LogP contribution in [0, 0.1) is 5.92 Å². The molecular formula is C6H8O4. The molecule has 0 fully saturated rings. The average molecular weight is 144 g/mol. The van der Waals surface area contributed by atoms with Crippen molar-refractivity contribution in [3.8, 4) is 0 Å². The largest absolute Gasteiger partial charge is 0.463 e. The number of hydrogen-bond donors (Lipinski definition) is 0. The van der Waals surface area contributed by atoms with Crippen molar-refractivity contribution in [2.75, 3.05) is 7.11 Å². The summed E-state index contributed by atoms with van der Waals surface area (Å²) in [6, 6.07) is 0. The second-order valence-electron chi connectivity index (χ2n) is 1.78. The van der Waals surface area contributed by atoms with Gasteiger partial charge in [0.05, 0.1) is 13.0 Å². The van der Waals surface area contributed by atoms with Gasteiger partial charge in [-0.3, -0.25) is 4.79 Å². The van der Waals surface area contributed by atoms with Gasteiger partial charge in [0, 0.05) is 0 Å². The standard InChI is InChI=1S/C6H8O4/c1-4(3-7)5(8)6(9)10-2/h3-4H,1-2H3. The number of rotatable bonds is 3. The highest BCUT2D eigenvalue weighted by Crippen LogP contribution is 1.92. The van der Waals surface area contributed by atoms with E-state index >= 15 is 0 Å². The van der Waals surface area contributed by atoms with Gasteiger partial charge in [0.1, 0.15) is 6.29 Å². The number of Topliss-reactive ketones (excluding diaryl/α,β-unsaturated/α-hetero) is 1. The molecule has 0 N–H and O–H groups in total. The Hall–Kier alpha value is -1.19. The summed E-state index contributed by atoms with van der Waals surface area (Å²) >= 11 is 0. The van der Waals surface area contributed by atoms with Gasteiger partial charge >= 0.3 is 5.97 Å². The SMILES string of the molecule is COC(=O)C(=O)C(C)C=O. The molecule has 1 atom stereocenters. The highest BCUT2D eigenvalue weighted by Gasteiger charge is 2.20. The van der Waals surface area contributed by atoms with E-state index in [1.54, 1.807) is 0 Å². The number of hydrogen-bond acceptors (Lipinski definition) is 4. The summed E-state index contributed by atoms with van der Waals surface area (Å²) in [4.78, 5) is 30.9. The summed E-state index contributed by atoms with van der Waals surface area (Å²) in [7, 11) is 1.09. The molecule has 0 saturated carbocycles. The second kappa shape index (κ2) is 3.76. The van der Waals surface area contributed by atoms with Gasteiger partial charge < -0.3 is 9.53 Å². The molecule has 0 amide bonds. The maximum absolute atomic E-state index is 10.6. The van der Waals surface area contributed by atoms with Crippen molar-refractivity contribution >= 4 is 18.0 Å². The molecule has 4 heteroatoms. The molecule has 0 aromatic rings. The number of carbonyl (C=O) groups excluding carboxylic acids is 3. The minimum atomic E-state index is -0.973. The van der Waals surface area contributed by atoms with Crippen molar-refractivity contribution < 1.29 is 19.1 Å². The van der Waals surface area contributed by atoms with Gasteiger partial charge in [0.25, 0.3) is 0 Å². The van der Waals surface area contributed by atoms with Crippen molar-refractivity contribution in [1.29, 1.82) is 0 Å². The molecule has 0 saturated heterocycles. The van der Waals surface area contributed by atoms with E-state index in [-0.39, 0.29) is 0 Å². The molecule has 0 aliphatic heterocycles. The van der Waals surface area contributed by atoms with Gasteiger partial charge in [0.15, 0.2) is 0 Å². The molecule has 0 aliphatic rings. The lowest BCUT2D eigenvalue weighted by molar-refractivity contribution is -0.153. The summed E-state index contributed by atoms with van der Waals surface area (Å²) in [6.45, 7) is 1.34. The zero-order valence-corrected chi connectivity index (χ0v) is 5.79. The molecule has 56 valence electrons. The average Bonchev–Trinajstić information content (AvgIpc) is 2.00. The molecule has 0 aromatic heterocycles. The van der Waals surface area contributed by atoms with E-state index in [9.17, 15) is 14.4 Å². The van der Waals surface area contributed by atoms with Gasteiger partial charge in [0.2, 0.25) is 5.78 Å². The summed E-state index contributed by atoms with van der Waals surface area (Å²) < 4.78 is 4.09. The molecule has 0 rings (SSSR count). The van der Waals surface area contributed by atoms with Gasteiger partial charge in [-0.15, -0.1) is 0 Å². The zero-order valence-electron chi connectivity index (χ0n) is 5.79. The lowest BCUT2D eigenvalue weighted by atomic mass is 10.1. The molecule has 4 nitrogen and oxygen atoms in total. The molecule has 0 heterocycles. The number of ether oxygens (including phenoxy) is 1. The number of carbonyl (C=O) groups is 3. The molecule has 0 spiro atoms. The molecule has 0 radical (unpaired) electrons. The normalized spacial score (nSPS) is 11.8. The van der Waals surface area contributed by atoms with Gasteiger partial charge in [-0.2, -0.15) is 0 Å². The van der Waals surface area contributed by atoms with Gasteiger partial charge in [-0.05, 0) is 6.92 Å². The van der Waals surface area contributed by atoms with E-state index in [0.29, 0.717) is 6.29 Å². The summed E-state index contributed by atoms with van der Waals surface area (Å²) in [5, 5.41) is 0. The van der Waals surface area contributed by atoms with Crippen LogP contribution in [0.3, 0.4) is 0 Å². The first kappa shape index (κ1) is 8.81. The lowest BCUT2D eigenvalue weighted by Gasteiger charge is -1.98. The van der Waals surface area contributed by atoms with Crippen molar-refractivity contribution in [1.82, 2.24) is 0 Å². The van der Waals surface area contributed by atoms with Crippen molar-refractivity contribution in [3.05, 3.63) is 0 Å². The van der Waals surface area contributed by atoms with Crippen molar-refractivity contribution in [2.45, 2.75) is 6.92 Å². The smallest absolute Gasteiger partial charge is 0.375 e. The Morgan fingerprint density at radius 1 is 1.50 bits per heavy atom. The van der Waals surface area contributed by atoms with E-state index in [1.807, 2.05) is 0 Å². The number of aldehydes is 1. The van der Waals surface area contributed by atoms with Crippen LogP contribution in [0.1, 0.15) is 6.92 Å². The predicted octanol–water partition coefficient (Wildman–Crippen LogP) is -0.437. The minimum absolute atomic E-state index is 0.402. The molecule has 0 aliphatic carbocycles. The summed E-state index contributed by atoms with van der Waals surface area (Å²) in [6.07, 6.45) is 0.402. The third kappa shape index (κ3) is 1.97. The van der Waals surface area contributed by atoms with E-state index < -0.39 is 17.7 Å². The topological polar surface area (TPSA) is 60.4 Å². The van der Waals surface area contributed by atoms with Crippen LogP contribution in [-0.4, -0.2) is 25.1 Å². The molecular weight excluding hydrogens is 136 g/mol. The van der Waals surface area contributed by atoms with E-state index in [4.69, 9.17) is 0 Å². The van der Waals surface area contributed by atoms with Crippen LogP contribution < -0.4 is 0 Å². The second-order valence-corrected chi connectivity index (χ2v) is 1.78. The van der Waals surface area contributed by atoms with Crippen LogP contribution in [0.2, 0.25) is 0 Å². The minimum Gasteiger partial charge on any atom is -0.463 e. The fraction of sp³-hybridized carbons (Fsp3) is 0.500. The Morgan fingerprint density at radius 3 is 2.30 bits per heavy atom. The van der Waals surface area contributed by atoms with Crippen molar-refractivity contribution in [3.63, 3.8) is 0 Å². The first-order valence-electron chi connectivity index (χ1n) is 2.71. The number of methoxy groups -OCH3 is 1.